The van der Waals surface area contributed by atoms with Gasteiger partial charge in [0.05, 0.1) is 0 Å². The third-order valence-corrected chi connectivity index (χ3v) is 4.22. The summed E-state index contributed by atoms with van der Waals surface area (Å²) in [5, 5.41) is 0. The highest BCUT2D eigenvalue weighted by molar-refractivity contribution is 5.80. The Labute approximate surface area is 98.8 Å². The number of likely N-dealkylation sites (N-methyl/N-ethyl adjacent to an activating group) is 1. The van der Waals surface area contributed by atoms with Gasteiger partial charge in [0.15, 0.2) is 0 Å². The first-order chi connectivity index (χ1) is 7.70. The van der Waals surface area contributed by atoms with Crippen LogP contribution in [0.4, 0.5) is 0 Å². The minimum absolute atomic E-state index is 0.495. The van der Waals surface area contributed by atoms with Crippen LogP contribution >= 0.6 is 0 Å². The van der Waals surface area contributed by atoms with Gasteiger partial charge in [0.2, 0.25) is 0 Å². The second-order valence-corrected chi connectivity index (χ2v) is 5.32. The molecule has 2 atom stereocenters. The van der Waals surface area contributed by atoms with E-state index in [0.29, 0.717) is 17.9 Å². The lowest BCUT2D eigenvalue weighted by Gasteiger charge is -2.45. The second kappa shape index (κ2) is 5.28. The molecular weight excluding hydrogens is 200 g/mol. The summed E-state index contributed by atoms with van der Waals surface area (Å²) in [6.45, 7) is 5.59. The highest BCUT2D eigenvalue weighted by Crippen LogP contribution is 2.31. The van der Waals surface area contributed by atoms with Gasteiger partial charge in [-0.15, -0.1) is 0 Å². The molecule has 2 unspecified atom stereocenters. The van der Waals surface area contributed by atoms with Gasteiger partial charge >= 0.3 is 0 Å². The third kappa shape index (κ3) is 2.64. The molecule has 0 N–H and O–H groups in total. The summed E-state index contributed by atoms with van der Waals surface area (Å²) in [7, 11) is 2.17. The fourth-order valence-electron chi connectivity index (χ4n) is 3.08. The van der Waals surface area contributed by atoms with Crippen LogP contribution in [0, 0.1) is 0 Å². The minimum Gasteiger partial charge on any atom is -0.305 e. The quantitative estimate of drug-likeness (QED) is 0.723. The van der Waals surface area contributed by atoms with Crippen molar-refractivity contribution in [1.82, 2.24) is 9.80 Å². The normalized spacial score (nSPS) is 31.1. The average molecular weight is 224 g/mol. The molecule has 2 fully saturated rings. The Bertz CT molecular complexity index is 238. The molecule has 0 aromatic carbocycles. The van der Waals surface area contributed by atoms with E-state index in [9.17, 15) is 4.79 Å². The Morgan fingerprint density at radius 2 is 1.94 bits per heavy atom. The van der Waals surface area contributed by atoms with Crippen LogP contribution in [-0.2, 0) is 4.79 Å². The lowest BCUT2D eigenvalue weighted by molar-refractivity contribution is -0.127. The molecule has 92 valence electrons. The summed E-state index contributed by atoms with van der Waals surface area (Å²) in [5.41, 5.74) is 0. The molecule has 2 heterocycles. The fraction of sp³-hybridized carbons (Fsp3) is 0.923. The number of fused-ring (bicyclic) bond motifs is 2. The largest absolute Gasteiger partial charge is 0.305 e. The number of carbonyl (C=O) groups excluding carboxylic acids is 1. The van der Waals surface area contributed by atoms with Crippen LogP contribution < -0.4 is 0 Å². The molecule has 2 rings (SSSR count). The van der Waals surface area contributed by atoms with Crippen molar-refractivity contribution in [3.05, 3.63) is 0 Å². The molecule has 0 radical (unpaired) electrons. The maximum Gasteiger partial charge on any atom is 0.136 e. The number of carbonyl (C=O) groups is 1. The molecule has 2 aliphatic rings. The van der Waals surface area contributed by atoms with Gasteiger partial charge in [-0.2, -0.15) is 0 Å². The van der Waals surface area contributed by atoms with E-state index in [2.05, 4.69) is 23.8 Å². The number of hydrogen-bond acceptors (Lipinski definition) is 3. The maximum absolute atomic E-state index is 11.6. The van der Waals surface area contributed by atoms with Crippen molar-refractivity contribution in [3.63, 3.8) is 0 Å². The molecule has 0 amide bonds. The molecule has 3 nitrogen and oxygen atoms in total. The maximum atomic E-state index is 11.6. The first kappa shape index (κ1) is 12.1. The topological polar surface area (TPSA) is 23.6 Å². The molecule has 3 heteroatoms. The summed E-state index contributed by atoms with van der Waals surface area (Å²) in [5.74, 6) is 0.495. The molecule has 0 aliphatic carbocycles. The van der Waals surface area contributed by atoms with E-state index in [1.807, 2.05) is 0 Å². The predicted octanol–water partition coefficient (Wildman–Crippen LogP) is 1.52. The first-order valence-electron chi connectivity index (χ1n) is 6.66. The molecule has 2 aliphatic heterocycles. The monoisotopic (exact) mass is 224 g/mol. The van der Waals surface area contributed by atoms with Gasteiger partial charge in [0.1, 0.15) is 5.78 Å². The molecule has 0 aromatic rings. The van der Waals surface area contributed by atoms with Crippen LogP contribution in [0.2, 0.25) is 0 Å². The third-order valence-electron chi connectivity index (χ3n) is 4.22. The van der Waals surface area contributed by atoms with Gasteiger partial charge in [0.25, 0.3) is 0 Å². The summed E-state index contributed by atoms with van der Waals surface area (Å²) in [6.07, 6.45) is 5.41. The van der Waals surface area contributed by atoms with E-state index >= 15 is 0 Å². The predicted molar refractivity (Wildman–Crippen MR) is 65.5 cm³/mol. The zero-order chi connectivity index (χ0) is 11.5. The smallest absolute Gasteiger partial charge is 0.136 e. The van der Waals surface area contributed by atoms with Crippen molar-refractivity contribution in [2.45, 2.75) is 51.1 Å². The SMILES string of the molecule is CCN(C)CCN1C2CCCC1CC(=O)C2. The van der Waals surface area contributed by atoms with Crippen LogP contribution in [0.25, 0.3) is 0 Å². The standard InChI is InChI=1S/C13H24N2O/c1-3-14(2)7-8-15-11-5-4-6-12(15)10-13(16)9-11/h11-12H,3-10H2,1-2H3. The first-order valence-corrected chi connectivity index (χ1v) is 6.66. The van der Waals surface area contributed by atoms with E-state index in [1.54, 1.807) is 0 Å². The van der Waals surface area contributed by atoms with Crippen molar-refractivity contribution >= 4 is 5.78 Å². The Balaban J connectivity index is 1.90. The van der Waals surface area contributed by atoms with Crippen molar-refractivity contribution in [2.24, 2.45) is 0 Å². The van der Waals surface area contributed by atoms with E-state index in [-0.39, 0.29) is 0 Å². The molecule has 2 saturated heterocycles. The number of ketones is 1. The van der Waals surface area contributed by atoms with Gasteiger partial charge in [-0.3, -0.25) is 9.69 Å². The number of piperidine rings is 2. The zero-order valence-corrected chi connectivity index (χ0v) is 10.6. The molecule has 0 spiro atoms. The molecule has 2 bridgehead atoms. The summed E-state index contributed by atoms with van der Waals surface area (Å²) in [6, 6.07) is 1.12. The van der Waals surface area contributed by atoms with Gasteiger partial charge in [-0.1, -0.05) is 13.3 Å². The van der Waals surface area contributed by atoms with Crippen LogP contribution in [0.1, 0.15) is 39.0 Å². The van der Waals surface area contributed by atoms with Crippen molar-refractivity contribution < 1.29 is 4.79 Å². The van der Waals surface area contributed by atoms with Crippen molar-refractivity contribution in [1.29, 1.82) is 0 Å². The molecular formula is C13H24N2O. The summed E-state index contributed by atoms with van der Waals surface area (Å²) >= 11 is 0. The van der Waals surface area contributed by atoms with Gasteiger partial charge < -0.3 is 4.90 Å². The van der Waals surface area contributed by atoms with E-state index < -0.39 is 0 Å². The Morgan fingerprint density at radius 3 is 2.50 bits per heavy atom. The number of Topliss-reactive ketones (excluding diaryl/α,β-unsaturated/α-hetero) is 1. The van der Waals surface area contributed by atoms with Crippen LogP contribution in [0.5, 0.6) is 0 Å². The van der Waals surface area contributed by atoms with E-state index in [1.165, 1.54) is 19.3 Å². The Morgan fingerprint density at radius 1 is 1.31 bits per heavy atom. The summed E-state index contributed by atoms with van der Waals surface area (Å²) < 4.78 is 0. The zero-order valence-electron chi connectivity index (χ0n) is 10.6. The number of rotatable bonds is 4. The lowest BCUT2D eigenvalue weighted by Crippen LogP contribution is -2.54. The number of hydrogen-bond donors (Lipinski definition) is 0. The van der Waals surface area contributed by atoms with Gasteiger partial charge in [0, 0.05) is 38.0 Å². The molecule has 0 aromatic heterocycles. The second-order valence-electron chi connectivity index (χ2n) is 5.32. The van der Waals surface area contributed by atoms with E-state index in [0.717, 1.165) is 32.5 Å². The van der Waals surface area contributed by atoms with Crippen LogP contribution in [0.15, 0.2) is 0 Å². The lowest BCUT2D eigenvalue weighted by atomic mass is 9.84. The van der Waals surface area contributed by atoms with Gasteiger partial charge in [-0.05, 0) is 26.4 Å². The molecule has 0 saturated carbocycles. The highest BCUT2D eigenvalue weighted by Gasteiger charge is 2.36. The van der Waals surface area contributed by atoms with Crippen molar-refractivity contribution in [2.75, 3.05) is 26.7 Å². The van der Waals surface area contributed by atoms with Crippen LogP contribution in [0.3, 0.4) is 0 Å². The Kier molecular flexibility index (Phi) is 3.98. The molecule has 16 heavy (non-hydrogen) atoms. The minimum atomic E-state index is 0.495. The van der Waals surface area contributed by atoms with E-state index in [4.69, 9.17) is 0 Å². The highest BCUT2D eigenvalue weighted by atomic mass is 16.1. The van der Waals surface area contributed by atoms with Crippen molar-refractivity contribution in [3.8, 4) is 0 Å². The number of nitrogens with zero attached hydrogens (tertiary/aromatic N) is 2. The van der Waals surface area contributed by atoms with Gasteiger partial charge in [-0.25, -0.2) is 0 Å². The average Bonchev–Trinajstić information content (AvgIpc) is 2.25. The summed E-state index contributed by atoms with van der Waals surface area (Å²) in [4.78, 5) is 16.5. The van der Waals surface area contributed by atoms with Crippen LogP contribution in [-0.4, -0.2) is 54.3 Å². The Hall–Kier alpha value is -0.410. The fourth-order valence-corrected chi connectivity index (χ4v) is 3.08.